The first-order valence-corrected chi connectivity index (χ1v) is 2.14. The van der Waals surface area contributed by atoms with Gasteiger partial charge in [0, 0.05) is 6.20 Å². The summed E-state index contributed by atoms with van der Waals surface area (Å²) in [6.07, 6.45) is -3.22. The topological polar surface area (TPSA) is 26.0 Å². The standard InChI is InChI=1S/C5H6F3N/c1-2-4(3-9)5(6,7)8/h2-3H,1,9H2/b4-3+. The second-order valence-corrected chi connectivity index (χ2v) is 1.32. The van der Waals surface area contributed by atoms with Crippen molar-refractivity contribution in [2.75, 3.05) is 0 Å². The van der Waals surface area contributed by atoms with E-state index in [-0.39, 0.29) is 0 Å². The number of hydrogen-bond donors (Lipinski definition) is 1. The van der Waals surface area contributed by atoms with Gasteiger partial charge in [-0.15, -0.1) is 0 Å². The van der Waals surface area contributed by atoms with Crippen LogP contribution in [-0.2, 0) is 0 Å². The number of halogens is 3. The van der Waals surface area contributed by atoms with Crippen molar-refractivity contribution in [3.63, 3.8) is 0 Å². The van der Waals surface area contributed by atoms with Crippen LogP contribution in [0.15, 0.2) is 24.4 Å². The van der Waals surface area contributed by atoms with Crippen LogP contribution in [0.4, 0.5) is 13.2 Å². The van der Waals surface area contributed by atoms with Crippen LogP contribution in [0, 0.1) is 0 Å². The molecule has 0 aromatic heterocycles. The molecule has 0 saturated heterocycles. The Morgan fingerprint density at radius 3 is 1.89 bits per heavy atom. The van der Waals surface area contributed by atoms with Gasteiger partial charge in [0.15, 0.2) is 0 Å². The first-order chi connectivity index (χ1) is 4.02. The Kier molecular flexibility index (Phi) is 2.30. The molecule has 0 bridgehead atoms. The Labute approximate surface area is 50.7 Å². The molecule has 0 amide bonds. The van der Waals surface area contributed by atoms with E-state index < -0.39 is 11.7 Å². The van der Waals surface area contributed by atoms with E-state index in [0.717, 1.165) is 0 Å². The SMILES string of the molecule is C=C/C(=C\N)C(F)(F)F. The minimum absolute atomic E-state index is 0.479. The van der Waals surface area contributed by atoms with Crippen LogP contribution in [0.2, 0.25) is 0 Å². The lowest BCUT2D eigenvalue weighted by molar-refractivity contribution is -0.0883. The largest absolute Gasteiger partial charge is 0.417 e. The molecule has 52 valence electrons. The highest BCUT2D eigenvalue weighted by Gasteiger charge is 2.30. The van der Waals surface area contributed by atoms with Crippen LogP contribution in [0.25, 0.3) is 0 Å². The smallest absolute Gasteiger partial charge is 0.404 e. The molecule has 0 aliphatic rings. The molecule has 0 aromatic carbocycles. The zero-order chi connectivity index (χ0) is 7.49. The Morgan fingerprint density at radius 2 is 1.89 bits per heavy atom. The van der Waals surface area contributed by atoms with Gasteiger partial charge in [-0.2, -0.15) is 13.2 Å². The van der Waals surface area contributed by atoms with Crippen molar-refractivity contribution in [2.45, 2.75) is 6.18 Å². The van der Waals surface area contributed by atoms with Gasteiger partial charge < -0.3 is 5.73 Å². The molecule has 0 aromatic rings. The molecule has 1 nitrogen and oxygen atoms in total. The van der Waals surface area contributed by atoms with Crippen molar-refractivity contribution in [3.05, 3.63) is 24.4 Å². The van der Waals surface area contributed by atoms with E-state index in [0.29, 0.717) is 12.3 Å². The minimum atomic E-state index is -4.36. The third kappa shape index (κ3) is 2.21. The minimum Gasteiger partial charge on any atom is -0.404 e. The van der Waals surface area contributed by atoms with Gasteiger partial charge in [0.2, 0.25) is 0 Å². The van der Waals surface area contributed by atoms with Crippen molar-refractivity contribution in [1.82, 2.24) is 0 Å². The second-order valence-electron chi connectivity index (χ2n) is 1.32. The third-order valence-corrected chi connectivity index (χ3v) is 0.727. The van der Waals surface area contributed by atoms with Crippen LogP contribution >= 0.6 is 0 Å². The second kappa shape index (κ2) is 2.57. The molecule has 0 spiro atoms. The van der Waals surface area contributed by atoms with E-state index in [1.54, 1.807) is 0 Å². The normalized spacial score (nSPS) is 13.4. The summed E-state index contributed by atoms with van der Waals surface area (Å²) in [5.74, 6) is 0. The number of hydrogen-bond acceptors (Lipinski definition) is 1. The number of allylic oxidation sites excluding steroid dienone is 2. The van der Waals surface area contributed by atoms with Crippen LogP contribution in [0.3, 0.4) is 0 Å². The zero-order valence-corrected chi connectivity index (χ0v) is 4.57. The molecule has 0 heterocycles. The lowest BCUT2D eigenvalue weighted by Gasteiger charge is -2.03. The molecule has 0 rings (SSSR count). The van der Waals surface area contributed by atoms with Crippen LogP contribution in [0.1, 0.15) is 0 Å². The molecular weight excluding hydrogens is 131 g/mol. The fourth-order valence-electron chi connectivity index (χ4n) is 0.278. The van der Waals surface area contributed by atoms with Crippen molar-refractivity contribution in [1.29, 1.82) is 0 Å². The van der Waals surface area contributed by atoms with E-state index in [1.165, 1.54) is 0 Å². The number of nitrogens with two attached hydrogens (primary N) is 1. The molecule has 0 aliphatic heterocycles. The monoisotopic (exact) mass is 137 g/mol. The first kappa shape index (κ1) is 8.07. The van der Waals surface area contributed by atoms with E-state index in [9.17, 15) is 13.2 Å². The molecule has 0 unspecified atom stereocenters. The molecular formula is C5H6F3N. The average Bonchev–Trinajstić information content (AvgIpc) is 1.65. The van der Waals surface area contributed by atoms with E-state index in [4.69, 9.17) is 0 Å². The molecule has 9 heavy (non-hydrogen) atoms. The highest BCUT2D eigenvalue weighted by Crippen LogP contribution is 2.24. The van der Waals surface area contributed by atoms with E-state index >= 15 is 0 Å². The van der Waals surface area contributed by atoms with Gasteiger partial charge in [0.05, 0.1) is 5.57 Å². The fourth-order valence-corrected chi connectivity index (χ4v) is 0.278. The summed E-state index contributed by atoms with van der Waals surface area (Å²) in [5.41, 5.74) is 3.70. The van der Waals surface area contributed by atoms with Gasteiger partial charge in [0.25, 0.3) is 0 Å². The summed E-state index contributed by atoms with van der Waals surface area (Å²) in [7, 11) is 0. The first-order valence-electron chi connectivity index (χ1n) is 2.14. The summed E-state index contributed by atoms with van der Waals surface area (Å²) in [6.45, 7) is 2.93. The maximum absolute atomic E-state index is 11.5. The fraction of sp³-hybridized carbons (Fsp3) is 0.200. The van der Waals surface area contributed by atoms with Gasteiger partial charge >= 0.3 is 6.18 Å². The summed E-state index contributed by atoms with van der Waals surface area (Å²) in [5, 5.41) is 0. The predicted octanol–water partition coefficient (Wildman–Crippen LogP) is 1.58. The quantitative estimate of drug-likeness (QED) is 0.545. The zero-order valence-electron chi connectivity index (χ0n) is 4.57. The summed E-state index contributed by atoms with van der Waals surface area (Å²) in [6, 6.07) is 0. The van der Waals surface area contributed by atoms with Gasteiger partial charge in [-0.05, 0) is 0 Å². The Morgan fingerprint density at radius 1 is 1.44 bits per heavy atom. The molecule has 0 saturated carbocycles. The average molecular weight is 137 g/mol. The third-order valence-electron chi connectivity index (χ3n) is 0.727. The maximum Gasteiger partial charge on any atom is 0.417 e. The summed E-state index contributed by atoms with van der Waals surface area (Å²) >= 11 is 0. The molecule has 2 N–H and O–H groups in total. The predicted molar refractivity (Wildman–Crippen MR) is 28.5 cm³/mol. The number of alkyl halides is 3. The molecule has 0 aliphatic carbocycles. The van der Waals surface area contributed by atoms with Gasteiger partial charge in [-0.25, -0.2) is 0 Å². The highest BCUT2D eigenvalue weighted by molar-refractivity contribution is 5.19. The van der Waals surface area contributed by atoms with Crippen LogP contribution < -0.4 is 5.73 Å². The lowest BCUT2D eigenvalue weighted by Crippen LogP contribution is -2.11. The van der Waals surface area contributed by atoms with E-state index in [2.05, 4.69) is 12.3 Å². The molecule has 0 atom stereocenters. The summed E-state index contributed by atoms with van der Waals surface area (Å²) in [4.78, 5) is 0. The Bertz CT molecular complexity index is 134. The summed E-state index contributed by atoms with van der Waals surface area (Å²) < 4.78 is 34.5. The van der Waals surface area contributed by atoms with Crippen molar-refractivity contribution in [2.24, 2.45) is 5.73 Å². The van der Waals surface area contributed by atoms with Gasteiger partial charge in [-0.1, -0.05) is 12.7 Å². The molecule has 4 heteroatoms. The van der Waals surface area contributed by atoms with Crippen molar-refractivity contribution in [3.8, 4) is 0 Å². The van der Waals surface area contributed by atoms with Crippen molar-refractivity contribution >= 4 is 0 Å². The lowest BCUT2D eigenvalue weighted by atomic mass is 10.3. The van der Waals surface area contributed by atoms with Gasteiger partial charge in [0.1, 0.15) is 0 Å². The number of rotatable bonds is 1. The Balaban J connectivity index is 4.32. The molecule has 0 radical (unpaired) electrons. The van der Waals surface area contributed by atoms with E-state index in [1.807, 2.05) is 0 Å². The van der Waals surface area contributed by atoms with Crippen LogP contribution in [0.5, 0.6) is 0 Å². The van der Waals surface area contributed by atoms with Crippen LogP contribution in [-0.4, -0.2) is 6.18 Å². The van der Waals surface area contributed by atoms with Gasteiger partial charge in [-0.3, -0.25) is 0 Å². The van der Waals surface area contributed by atoms with Crippen molar-refractivity contribution < 1.29 is 13.2 Å². The maximum atomic E-state index is 11.5. The highest BCUT2D eigenvalue weighted by atomic mass is 19.4. The Hall–Kier alpha value is -0.930. The molecule has 0 fully saturated rings.